The second-order valence-corrected chi connectivity index (χ2v) is 3.69. The van der Waals surface area contributed by atoms with Crippen LogP contribution in [-0.4, -0.2) is 5.75 Å². The Morgan fingerprint density at radius 3 is 2.50 bits per heavy atom. The molecule has 0 unspecified atom stereocenters. The van der Waals surface area contributed by atoms with Crippen molar-refractivity contribution in [3.05, 3.63) is 41.2 Å². The van der Waals surface area contributed by atoms with E-state index in [1.54, 1.807) is 0 Å². The van der Waals surface area contributed by atoms with Crippen LogP contribution >= 0.6 is 11.8 Å². The zero-order valence-electron chi connectivity index (χ0n) is 7.08. The van der Waals surface area contributed by atoms with E-state index in [-0.39, 0.29) is 0 Å². The lowest BCUT2D eigenvalue weighted by Gasteiger charge is -1.98. The Bertz CT molecular complexity index is 271. The van der Waals surface area contributed by atoms with E-state index in [2.05, 4.69) is 11.8 Å². The van der Waals surface area contributed by atoms with Crippen molar-refractivity contribution < 1.29 is 0 Å². The summed E-state index contributed by atoms with van der Waals surface area (Å²) in [5, 5.41) is 0. The molecular formula is C10H11NS. The van der Waals surface area contributed by atoms with Gasteiger partial charge in [-0.15, -0.1) is 0 Å². The van der Waals surface area contributed by atoms with E-state index in [0.717, 1.165) is 17.2 Å². The van der Waals surface area contributed by atoms with Crippen LogP contribution in [0.15, 0.2) is 24.3 Å². The van der Waals surface area contributed by atoms with Crippen LogP contribution in [0.2, 0.25) is 0 Å². The monoisotopic (exact) mass is 177 g/mol. The summed E-state index contributed by atoms with van der Waals surface area (Å²) in [6, 6.07) is 7.79. The second kappa shape index (κ2) is 4.84. The Kier molecular flexibility index (Phi) is 3.69. The molecular weight excluding hydrogens is 166 g/mol. The average Bonchev–Trinajstić information content (AvgIpc) is 2.15. The first kappa shape index (κ1) is 9.15. The SMILES string of the molecule is [C-]#[N+]c1ccc(CSCC)cc1. The van der Waals surface area contributed by atoms with Crippen molar-refractivity contribution in [2.24, 2.45) is 0 Å². The van der Waals surface area contributed by atoms with E-state index < -0.39 is 0 Å². The molecule has 12 heavy (non-hydrogen) atoms. The molecule has 0 bridgehead atoms. The van der Waals surface area contributed by atoms with Crippen molar-refractivity contribution in [2.75, 3.05) is 5.75 Å². The van der Waals surface area contributed by atoms with Crippen LogP contribution in [0.3, 0.4) is 0 Å². The molecule has 0 aliphatic heterocycles. The smallest absolute Gasteiger partial charge is 0.187 e. The van der Waals surface area contributed by atoms with Crippen LogP contribution in [0.5, 0.6) is 0 Å². The first-order valence-corrected chi connectivity index (χ1v) is 5.06. The molecule has 0 fully saturated rings. The summed E-state index contributed by atoms with van der Waals surface area (Å²) >= 11 is 1.90. The standard InChI is InChI=1S/C10H11NS/c1-3-12-8-9-4-6-10(11-2)7-5-9/h4-7H,3,8H2,1H3. The second-order valence-electron chi connectivity index (χ2n) is 2.42. The first-order valence-electron chi connectivity index (χ1n) is 3.91. The maximum Gasteiger partial charge on any atom is 0.187 e. The predicted octanol–water partition coefficient (Wildman–Crippen LogP) is 3.49. The average molecular weight is 177 g/mol. The van der Waals surface area contributed by atoms with E-state index in [4.69, 9.17) is 6.57 Å². The summed E-state index contributed by atoms with van der Waals surface area (Å²) in [6.07, 6.45) is 0. The van der Waals surface area contributed by atoms with Gasteiger partial charge in [0.2, 0.25) is 0 Å². The first-order chi connectivity index (χ1) is 5.86. The number of benzene rings is 1. The molecule has 0 aliphatic carbocycles. The molecule has 1 nitrogen and oxygen atoms in total. The van der Waals surface area contributed by atoms with E-state index in [1.807, 2.05) is 36.0 Å². The number of hydrogen-bond donors (Lipinski definition) is 0. The number of nitrogens with zero attached hydrogens (tertiary/aromatic N) is 1. The summed E-state index contributed by atoms with van der Waals surface area (Å²) in [7, 11) is 0. The van der Waals surface area contributed by atoms with Gasteiger partial charge in [-0.2, -0.15) is 11.8 Å². The quantitative estimate of drug-likeness (QED) is 0.639. The van der Waals surface area contributed by atoms with Gasteiger partial charge in [-0.05, 0) is 11.3 Å². The van der Waals surface area contributed by atoms with E-state index in [0.29, 0.717) is 0 Å². The third-order valence-corrected chi connectivity index (χ3v) is 2.48. The van der Waals surface area contributed by atoms with Gasteiger partial charge >= 0.3 is 0 Å². The van der Waals surface area contributed by atoms with Crippen LogP contribution in [-0.2, 0) is 5.75 Å². The predicted molar refractivity (Wildman–Crippen MR) is 54.5 cm³/mol. The number of rotatable bonds is 3. The molecule has 1 rings (SSSR count). The molecule has 0 amide bonds. The zero-order chi connectivity index (χ0) is 8.81. The van der Waals surface area contributed by atoms with Gasteiger partial charge in [-0.3, -0.25) is 0 Å². The van der Waals surface area contributed by atoms with Crippen molar-refractivity contribution in [3.8, 4) is 0 Å². The highest BCUT2D eigenvalue weighted by Crippen LogP contribution is 2.16. The normalized spacial score (nSPS) is 9.33. The highest BCUT2D eigenvalue weighted by molar-refractivity contribution is 7.98. The largest absolute Gasteiger partial charge is 0.238 e. The number of thioether (sulfide) groups is 1. The third kappa shape index (κ3) is 2.60. The molecule has 0 atom stereocenters. The molecule has 1 aromatic carbocycles. The summed E-state index contributed by atoms with van der Waals surface area (Å²) in [5.41, 5.74) is 2.02. The molecule has 0 saturated carbocycles. The summed E-state index contributed by atoms with van der Waals surface area (Å²) in [4.78, 5) is 3.34. The zero-order valence-corrected chi connectivity index (χ0v) is 7.90. The maximum atomic E-state index is 6.77. The fourth-order valence-corrected chi connectivity index (χ4v) is 1.52. The van der Waals surface area contributed by atoms with Gasteiger partial charge in [0.1, 0.15) is 0 Å². The lowest BCUT2D eigenvalue weighted by Crippen LogP contribution is -1.78. The minimum absolute atomic E-state index is 0.722. The van der Waals surface area contributed by atoms with E-state index >= 15 is 0 Å². The molecule has 0 heterocycles. The molecule has 1 aromatic rings. The van der Waals surface area contributed by atoms with Gasteiger partial charge in [0.05, 0.1) is 6.57 Å². The molecule has 2 heteroatoms. The Morgan fingerprint density at radius 1 is 1.33 bits per heavy atom. The fraction of sp³-hybridized carbons (Fsp3) is 0.300. The van der Waals surface area contributed by atoms with Gasteiger partial charge in [-0.25, -0.2) is 4.85 Å². The van der Waals surface area contributed by atoms with Crippen molar-refractivity contribution in [3.63, 3.8) is 0 Å². The lowest BCUT2D eigenvalue weighted by molar-refractivity contribution is 1.40. The van der Waals surface area contributed by atoms with Gasteiger partial charge in [0.25, 0.3) is 0 Å². The molecule has 0 aromatic heterocycles. The molecule has 62 valence electrons. The molecule has 0 radical (unpaired) electrons. The topological polar surface area (TPSA) is 4.36 Å². The minimum atomic E-state index is 0.722. The summed E-state index contributed by atoms with van der Waals surface area (Å²) in [5.74, 6) is 2.19. The maximum absolute atomic E-state index is 6.77. The van der Waals surface area contributed by atoms with Gasteiger partial charge in [0, 0.05) is 5.75 Å². The Morgan fingerprint density at radius 2 is 2.00 bits per heavy atom. The Labute approximate surface area is 77.6 Å². The summed E-state index contributed by atoms with van der Waals surface area (Å²) in [6.45, 7) is 8.92. The van der Waals surface area contributed by atoms with Gasteiger partial charge in [-0.1, -0.05) is 31.2 Å². The molecule has 0 spiro atoms. The van der Waals surface area contributed by atoms with Crippen LogP contribution in [0, 0.1) is 6.57 Å². The fourth-order valence-electron chi connectivity index (χ4n) is 0.887. The summed E-state index contributed by atoms with van der Waals surface area (Å²) < 4.78 is 0. The van der Waals surface area contributed by atoms with Gasteiger partial charge in [0.15, 0.2) is 5.69 Å². The van der Waals surface area contributed by atoms with E-state index in [1.165, 1.54) is 5.56 Å². The van der Waals surface area contributed by atoms with Crippen LogP contribution in [0.4, 0.5) is 5.69 Å². The molecule has 0 N–H and O–H groups in total. The minimum Gasteiger partial charge on any atom is -0.238 e. The van der Waals surface area contributed by atoms with Crippen LogP contribution in [0.25, 0.3) is 4.85 Å². The van der Waals surface area contributed by atoms with E-state index in [9.17, 15) is 0 Å². The van der Waals surface area contributed by atoms with Crippen molar-refractivity contribution in [1.29, 1.82) is 0 Å². The van der Waals surface area contributed by atoms with Gasteiger partial charge < -0.3 is 0 Å². The lowest BCUT2D eigenvalue weighted by atomic mass is 10.2. The van der Waals surface area contributed by atoms with Crippen LogP contribution in [0.1, 0.15) is 12.5 Å². The van der Waals surface area contributed by atoms with Crippen molar-refractivity contribution in [1.82, 2.24) is 0 Å². The van der Waals surface area contributed by atoms with Crippen molar-refractivity contribution >= 4 is 17.4 Å². The molecule has 0 saturated heterocycles. The highest BCUT2D eigenvalue weighted by atomic mass is 32.2. The Balaban J connectivity index is 2.60. The Hall–Kier alpha value is -0.940. The van der Waals surface area contributed by atoms with Crippen LogP contribution < -0.4 is 0 Å². The number of hydrogen-bond acceptors (Lipinski definition) is 1. The van der Waals surface area contributed by atoms with Crippen molar-refractivity contribution in [2.45, 2.75) is 12.7 Å². The highest BCUT2D eigenvalue weighted by Gasteiger charge is 1.92. The third-order valence-electron chi connectivity index (χ3n) is 1.54. The molecule has 0 aliphatic rings.